The van der Waals surface area contributed by atoms with E-state index < -0.39 is 0 Å². The molecule has 2 atom stereocenters. The van der Waals surface area contributed by atoms with Gasteiger partial charge in [0.1, 0.15) is 0 Å². The van der Waals surface area contributed by atoms with Crippen molar-refractivity contribution >= 4 is 5.91 Å². The summed E-state index contributed by atoms with van der Waals surface area (Å²) < 4.78 is 5.67. The van der Waals surface area contributed by atoms with Gasteiger partial charge in [0, 0.05) is 38.1 Å². The maximum absolute atomic E-state index is 12.0. The largest absolute Gasteiger partial charge is 0.373 e. The molecule has 2 fully saturated rings. The number of hydrogen-bond donors (Lipinski definition) is 2. The maximum atomic E-state index is 12.0. The highest BCUT2D eigenvalue weighted by molar-refractivity contribution is 5.78. The standard InChI is InChI=1S/C14H27N3O2/c1-14(2)10-17(7-8-19-14)6-5-16-13(18)11-3-4-12(15)9-11/h11-12H,3-10,15H2,1-2H3,(H,16,18). The number of morpholine rings is 1. The first-order valence-electron chi connectivity index (χ1n) is 7.36. The Kier molecular flexibility index (Phi) is 4.81. The summed E-state index contributed by atoms with van der Waals surface area (Å²) in [6.45, 7) is 8.50. The van der Waals surface area contributed by atoms with Crippen LogP contribution in [0, 0.1) is 5.92 Å². The van der Waals surface area contributed by atoms with Crippen molar-refractivity contribution in [2.45, 2.75) is 44.8 Å². The van der Waals surface area contributed by atoms with E-state index in [1.165, 1.54) is 0 Å². The van der Waals surface area contributed by atoms with Gasteiger partial charge in [-0.3, -0.25) is 9.69 Å². The van der Waals surface area contributed by atoms with Crippen LogP contribution in [0.5, 0.6) is 0 Å². The van der Waals surface area contributed by atoms with Crippen LogP contribution in [0.25, 0.3) is 0 Å². The Hall–Kier alpha value is -0.650. The molecule has 19 heavy (non-hydrogen) atoms. The minimum atomic E-state index is -0.0690. The molecule has 3 N–H and O–H groups in total. The Morgan fingerprint density at radius 3 is 2.89 bits per heavy atom. The monoisotopic (exact) mass is 269 g/mol. The van der Waals surface area contributed by atoms with Crippen LogP contribution in [0.4, 0.5) is 0 Å². The van der Waals surface area contributed by atoms with Crippen LogP contribution in [-0.4, -0.2) is 55.2 Å². The van der Waals surface area contributed by atoms with Crippen LogP contribution in [0.3, 0.4) is 0 Å². The summed E-state index contributed by atoms with van der Waals surface area (Å²) in [4.78, 5) is 14.3. The molecule has 0 aromatic heterocycles. The Labute approximate surface area is 115 Å². The summed E-state index contributed by atoms with van der Waals surface area (Å²) in [6.07, 6.45) is 2.77. The van der Waals surface area contributed by atoms with E-state index in [4.69, 9.17) is 10.5 Å². The molecule has 0 radical (unpaired) electrons. The van der Waals surface area contributed by atoms with Crippen molar-refractivity contribution in [3.8, 4) is 0 Å². The van der Waals surface area contributed by atoms with Gasteiger partial charge in [0.2, 0.25) is 5.91 Å². The van der Waals surface area contributed by atoms with Gasteiger partial charge in [-0.05, 0) is 33.1 Å². The lowest BCUT2D eigenvalue weighted by Gasteiger charge is -2.38. The lowest BCUT2D eigenvalue weighted by molar-refractivity contribution is -0.125. The van der Waals surface area contributed by atoms with Crippen LogP contribution in [0.2, 0.25) is 0 Å². The number of nitrogens with one attached hydrogen (secondary N) is 1. The van der Waals surface area contributed by atoms with Gasteiger partial charge < -0.3 is 15.8 Å². The predicted octanol–water partition coefficient (Wildman–Crippen LogP) is 0.341. The van der Waals surface area contributed by atoms with E-state index in [2.05, 4.69) is 24.1 Å². The van der Waals surface area contributed by atoms with Crippen molar-refractivity contribution in [2.24, 2.45) is 11.7 Å². The van der Waals surface area contributed by atoms with Crippen molar-refractivity contribution in [1.82, 2.24) is 10.2 Å². The van der Waals surface area contributed by atoms with E-state index in [9.17, 15) is 4.79 Å². The summed E-state index contributed by atoms with van der Waals surface area (Å²) in [6, 6.07) is 0.218. The fourth-order valence-electron chi connectivity index (χ4n) is 3.04. The summed E-state index contributed by atoms with van der Waals surface area (Å²) in [5.74, 6) is 0.316. The zero-order valence-corrected chi connectivity index (χ0v) is 12.2. The number of rotatable bonds is 4. The minimum Gasteiger partial charge on any atom is -0.373 e. The number of ether oxygens (including phenoxy) is 1. The van der Waals surface area contributed by atoms with Crippen molar-refractivity contribution in [3.05, 3.63) is 0 Å². The minimum absolute atomic E-state index is 0.0690. The van der Waals surface area contributed by atoms with Gasteiger partial charge in [0.25, 0.3) is 0 Å². The van der Waals surface area contributed by atoms with E-state index in [-0.39, 0.29) is 23.5 Å². The molecule has 5 heteroatoms. The second-order valence-electron chi connectivity index (χ2n) is 6.45. The lowest BCUT2D eigenvalue weighted by atomic mass is 10.1. The fourth-order valence-corrected chi connectivity index (χ4v) is 3.04. The first kappa shape index (κ1) is 14.8. The molecular formula is C14H27N3O2. The SMILES string of the molecule is CC1(C)CN(CCNC(=O)C2CCC(N)C2)CCO1. The van der Waals surface area contributed by atoms with Crippen molar-refractivity contribution in [2.75, 3.05) is 32.8 Å². The normalized spacial score (nSPS) is 31.3. The zero-order valence-electron chi connectivity index (χ0n) is 12.2. The van der Waals surface area contributed by atoms with Crippen LogP contribution in [-0.2, 0) is 9.53 Å². The number of nitrogens with zero attached hydrogens (tertiary/aromatic N) is 1. The van der Waals surface area contributed by atoms with Gasteiger partial charge in [0.05, 0.1) is 12.2 Å². The topological polar surface area (TPSA) is 67.6 Å². The molecule has 2 unspecified atom stereocenters. The second kappa shape index (κ2) is 6.20. The van der Waals surface area contributed by atoms with Crippen LogP contribution >= 0.6 is 0 Å². The van der Waals surface area contributed by atoms with Gasteiger partial charge in [0.15, 0.2) is 0 Å². The highest BCUT2D eigenvalue weighted by Crippen LogP contribution is 2.24. The summed E-state index contributed by atoms with van der Waals surface area (Å²) >= 11 is 0. The van der Waals surface area contributed by atoms with Gasteiger partial charge in [-0.25, -0.2) is 0 Å². The molecule has 2 aliphatic rings. The first-order valence-corrected chi connectivity index (χ1v) is 7.36. The molecule has 1 heterocycles. The van der Waals surface area contributed by atoms with E-state index in [1.807, 2.05) is 0 Å². The molecule has 0 aromatic rings. The van der Waals surface area contributed by atoms with E-state index in [1.54, 1.807) is 0 Å². The van der Waals surface area contributed by atoms with Crippen LogP contribution in [0.1, 0.15) is 33.1 Å². The summed E-state index contributed by atoms with van der Waals surface area (Å²) in [7, 11) is 0. The molecule has 0 bridgehead atoms. The Balaban J connectivity index is 1.65. The Morgan fingerprint density at radius 2 is 2.26 bits per heavy atom. The Morgan fingerprint density at radius 1 is 1.47 bits per heavy atom. The van der Waals surface area contributed by atoms with E-state index in [0.29, 0.717) is 0 Å². The molecule has 0 aromatic carbocycles. The number of hydrogen-bond acceptors (Lipinski definition) is 4. The maximum Gasteiger partial charge on any atom is 0.223 e. The van der Waals surface area contributed by atoms with Gasteiger partial charge in [-0.2, -0.15) is 0 Å². The summed E-state index contributed by atoms with van der Waals surface area (Å²) in [5.41, 5.74) is 5.77. The molecule has 1 aliphatic carbocycles. The van der Waals surface area contributed by atoms with Crippen LogP contribution < -0.4 is 11.1 Å². The number of carbonyl (C=O) groups excluding carboxylic acids is 1. The van der Waals surface area contributed by atoms with E-state index >= 15 is 0 Å². The third-order valence-electron chi connectivity index (χ3n) is 4.08. The van der Waals surface area contributed by atoms with Gasteiger partial charge in [-0.1, -0.05) is 0 Å². The third kappa shape index (κ3) is 4.44. The highest BCUT2D eigenvalue weighted by Gasteiger charge is 2.29. The van der Waals surface area contributed by atoms with Crippen LogP contribution in [0.15, 0.2) is 0 Å². The van der Waals surface area contributed by atoms with E-state index in [0.717, 1.165) is 52.0 Å². The quantitative estimate of drug-likeness (QED) is 0.772. The van der Waals surface area contributed by atoms with Gasteiger partial charge >= 0.3 is 0 Å². The molecular weight excluding hydrogens is 242 g/mol. The molecule has 1 saturated heterocycles. The second-order valence-corrected chi connectivity index (χ2v) is 6.45. The fraction of sp³-hybridized carbons (Fsp3) is 0.929. The molecule has 110 valence electrons. The zero-order chi connectivity index (χ0) is 13.9. The van der Waals surface area contributed by atoms with Crippen molar-refractivity contribution < 1.29 is 9.53 Å². The number of amides is 1. The number of carbonyl (C=O) groups is 1. The Bertz CT molecular complexity index is 320. The lowest BCUT2D eigenvalue weighted by Crippen LogP contribution is -2.50. The molecule has 2 rings (SSSR count). The molecule has 0 spiro atoms. The number of nitrogens with two attached hydrogens (primary N) is 1. The average Bonchev–Trinajstić information content (AvgIpc) is 2.74. The van der Waals surface area contributed by atoms with Crippen molar-refractivity contribution in [1.29, 1.82) is 0 Å². The smallest absolute Gasteiger partial charge is 0.223 e. The van der Waals surface area contributed by atoms with Crippen molar-refractivity contribution in [3.63, 3.8) is 0 Å². The van der Waals surface area contributed by atoms with Gasteiger partial charge in [-0.15, -0.1) is 0 Å². The molecule has 1 amide bonds. The molecule has 1 aliphatic heterocycles. The summed E-state index contributed by atoms with van der Waals surface area (Å²) in [5, 5.41) is 3.04. The highest BCUT2D eigenvalue weighted by atomic mass is 16.5. The predicted molar refractivity (Wildman–Crippen MR) is 74.8 cm³/mol. The molecule has 5 nitrogen and oxygen atoms in total. The molecule has 1 saturated carbocycles. The first-order chi connectivity index (χ1) is 8.96. The third-order valence-corrected chi connectivity index (χ3v) is 4.08. The average molecular weight is 269 g/mol.